The van der Waals surface area contributed by atoms with Crippen LogP contribution in [0.2, 0.25) is 0 Å². The molecule has 0 aromatic heterocycles. The third kappa shape index (κ3) is 5.88. The molecule has 2 aromatic rings. The van der Waals surface area contributed by atoms with Crippen molar-refractivity contribution in [2.45, 2.75) is 41.5 Å². The molecule has 4 heteroatoms. The standard InChI is InChI=1S/C10H13NO.C10H12O2/c1-7-5-4-6-8(2)10(7)11-9(3)12;1-7-5-4-6-8(2)10(7)12-9(3)11/h4-6H,1-3H3,(H,11,12);4-6H,1-3H3. The quantitative estimate of drug-likeness (QED) is 0.653. The van der Waals surface area contributed by atoms with E-state index in [1.54, 1.807) is 0 Å². The second-order valence-corrected chi connectivity index (χ2v) is 5.76. The van der Waals surface area contributed by atoms with Gasteiger partial charge in [-0.25, -0.2) is 0 Å². The normalized spacial score (nSPS) is 9.58. The number of hydrogen-bond acceptors (Lipinski definition) is 3. The maximum atomic E-state index is 10.8. The molecule has 0 heterocycles. The predicted molar refractivity (Wildman–Crippen MR) is 97.4 cm³/mol. The molecule has 4 nitrogen and oxygen atoms in total. The van der Waals surface area contributed by atoms with Gasteiger partial charge in [-0.15, -0.1) is 0 Å². The van der Waals surface area contributed by atoms with Gasteiger partial charge in [0.15, 0.2) is 0 Å². The van der Waals surface area contributed by atoms with Gasteiger partial charge in [-0.2, -0.15) is 0 Å². The van der Waals surface area contributed by atoms with Gasteiger partial charge >= 0.3 is 5.97 Å². The molecule has 0 aliphatic heterocycles. The molecule has 0 radical (unpaired) electrons. The molecule has 24 heavy (non-hydrogen) atoms. The molecule has 0 spiro atoms. The van der Waals surface area contributed by atoms with Gasteiger partial charge in [-0.3, -0.25) is 9.59 Å². The predicted octanol–water partition coefficient (Wildman–Crippen LogP) is 4.49. The molecule has 0 aliphatic carbocycles. The third-order valence-electron chi connectivity index (χ3n) is 3.44. The van der Waals surface area contributed by atoms with Crippen LogP contribution in [0.5, 0.6) is 5.75 Å². The van der Waals surface area contributed by atoms with Crippen LogP contribution in [-0.2, 0) is 9.59 Å². The number of para-hydroxylation sites is 2. The number of nitrogens with one attached hydrogen (secondary N) is 1. The van der Waals surface area contributed by atoms with Crippen LogP contribution in [0.1, 0.15) is 36.1 Å². The van der Waals surface area contributed by atoms with Gasteiger partial charge in [-0.05, 0) is 49.9 Å². The zero-order valence-corrected chi connectivity index (χ0v) is 15.2. The Labute approximate surface area is 143 Å². The molecule has 128 valence electrons. The maximum Gasteiger partial charge on any atom is 0.308 e. The molecule has 0 aliphatic rings. The number of esters is 1. The Balaban J connectivity index is 0.000000240. The fraction of sp³-hybridized carbons (Fsp3) is 0.300. The van der Waals surface area contributed by atoms with Gasteiger partial charge in [0.2, 0.25) is 5.91 Å². The van der Waals surface area contributed by atoms with Crippen molar-refractivity contribution in [2.24, 2.45) is 0 Å². The largest absolute Gasteiger partial charge is 0.426 e. The summed E-state index contributed by atoms with van der Waals surface area (Å²) in [4.78, 5) is 21.5. The molecule has 2 aromatic carbocycles. The number of rotatable bonds is 2. The second kappa shape index (κ2) is 8.87. The summed E-state index contributed by atoms with van der Waals surface area (Å²) >= 11 is 0. The summed E-state index contributed by atoms with van der Waals surface area (Å²) in [5, 5.41) is 2.80. The van der Waals surface area contributed by atoms with Crippen molar-refractivity contribution in [3.63, 3.8) is 0 Å². The lowest BCUT2D eigenvalue weighted by atomic mass is 10.1. The van der Waals surface area contributed by atoms with Gasteiger partial charge < -0.3 is 10.1 Å². The van der Waals surface area contributed by atoms with E-state index in [-0.39, 0.29) is 11.9 Å². The highest BCUT2D eigenvalue weighted by molar-refractivity contribution is 5.90. The zero-order valence-electron chi connectivity index (χ0n) is 15.2. The molecule has 0 bridgehead atoms. The first-order valence-electron chi connectivity index (χ1n) is 7.80. The fourth-order valence-corrected chi connectivity index (χ4v) is 2.29. The minimum atomic E-state index is -0.271. The Bertz CT molecular complexity index is 632. The van der Waals surface area contributed by atoms with Crippen LogP contribution in [0, 0.1) is 27.7 Å². The van der Waals surface area contributed by atoms with Gasteiger partial charge in [0.05, 0.1) is 0 Å². The molecular formula is C20H25NO3. The Kier molecular flexibility index (Phi) is 7.18. The van der Waals surface area contributed by atoms with Crippen molar-refractivity contribution >= 4 is 17.6 Å². The number of aryl methyl sites for hydroxylation is 4. The number of carbonyl (C=O) groups excluding carboxylic acids is 2. The summed E-state index contributed by atoms with van der Waals surface area (Å²) in [6.07, 6.45) is 0. The van der Waals surface area contributed by atoms with Crippen LogP contribution in [0.15, 0.2) is 36.4 Å². The van der Waals surface area contributed by atoms with Crippen molar-refractivity contribution in [3.05, 3.63) is 58.7 Å². The number of hydrogen-bond donors (Lipinski definition) is 1. The minimum absolute atomic E-state index is 0.0209. The molecule has 0 unspecified atom stereocenters. The summed E-state index contributed by atoms with van der Waals surface area (Å²) in [7, 11) is 0. The zero-order chi connectivity index (χ0) is 18.3. The molecule has 2 rings (SSSR count). The minimum Gasteiger partial charge on any atom is -0.426 e. The smallest absolute Gasteiger partial charge is 0.308 e. The van der Waals surface area contributed by atoms with Crippen molar-refractivity contribution < 1.29 is 14.3 Å². The van der Waals surface area contributed by atoms with Crippen molar-refractivity contribution in [1.82, 2.24) is 0 Å². The third-order valence-corrected chi connectivity index (χ3v) is 3.44. The Morgan fingerprint density at radius 1 is 0.792 bits per heavy atom. The van der Waals surface area contributed by atoms with Gasteiger partial charge in [0.1, 0.15) is 5.75 Å². The van der Waals surface area contributed by atoms with Crippen LogP contribution in [0.25, 0.3) is 0 Å². The average Bonchev–Trinajstić information content (AvgIpc) is 2.47. The van der Waals surface area contributed by atoms with Crippen molar-refractivity contribution in [2.75, 3.05) is 5.32 Å². The highest BCUT2D eigenvalue weighted by atomic mass is 16.5. The van der Waals surface area contributed by atoms with E-state index in [0.717, 1.165) is 27.9 Å². The number of ether oxygens (including phenoxy) is 1. The summed E-state index contributed by atoms with van der Waals surface area (Å²) in [6, 6.07) is 11.7. The maximum absolute atomic E-state index is 10.8. The monoisotopic (exact) mass is 327 g/mol. The van der Waals surface area contributed by atoms with E-state index in [2.05, 4.69) is 5.32 Å². The lowest BCUT2D eigenvalue weighted by molar-refractivity contribution is -0.132. The summed E-state index contributed by atoms with van der Waals surface area (Å²) in [6.45, 7) is 10.7. The molecule has 1 N–H and O–H groups in total. The van der Waals surface area contributed by atoms with Crippen LogP contribution in [0.3, 0.4) is 0 Å². The van der Waals surface area contributed by atoms with Gasteiger partial charge in [0.25, 0.3) is 0 Å². The van der Waals surface area contributed by atoms with Crippen LogP contribution in [-0.4, -0.2) is 11.9 Å². The Hall–Kier alpha value is -2.62. The van der Waals surface area contributed by atoms with E-state index >= 15 is 0 Å². The molecule has 0 atom stereocenters. The highest BCUT2D eigenvalue weighted by Gasteiger charge is 2.04. The van der Waals surface area contributed by atoms with Crippen LogP contribution >= 0.6 is 0 Å². The summed E-state index contributed by atoms with van der Waals surface area (Å²) in [5.74, 6) is 0.393. The number of benzene rings is 2. The SMILES string of the molecule is CC(=O)Nc1c(C)cccc1C.CC(=O)Oc1c(C)cccc1C. The van der Waals surface area contributed by atoms with E-state index in [1.807, 2.05) is 64.1 Å². The fourth-order valence-electron chi connectivity index (χ4n) is 2.29. The Morgan fingerprint density at radius 2 is 1.21 bits per heavy atom. The number of amides is 1. The topological polar surface area (TPSA) is 55.4 Å². The Morgan fingerprint density at radius 3 is 1.58 bits per heavy atom. The first-order valence-corrected chi connectivity index (χ1v) is 7.80. The molecule has 0 saturated heterocycles. The average molecular weight is 327 g/mol. The van der Waals surface area contributed by atoms with E-state index in [1.165, 1.54) is 13.8 Å². The van der Waals surface area contributed by atoms with Gasteiger partial charge in [-0.1, -0.05) is 36.4 Å². The first-order chi connectivity index (χ1) is 11.2. The molecule has 0 fully saturated rings. The summed E-state index contributed by atoms with van der Waals surface area (Å²) < 4.78 is 5.04. The van der Waals surface area contributed by atoms with Crippen molar-refractivity contribution in [1.29, 1.82) is 0 Å². The lowest BCUT2D eigenvalue weighted by Gasteiger charge is -2.08. The van der Waals surface area contributed by atoms with E-state index in [4.69, 9.17) is 4.74 Å². The van der Waals surface area contributed by atoms with E-state index < -0.39 is 0 Å². The highest BCUT2D eigenvalue weighted by Crippen LogP contribution is 2.22. The molecule has 0 saturated carbocycles. The number of anilines is 1. The van der Waals surface area contributed by atoms with Crippen LogP contribution in [0.4, 0.5) is 5.69 Å². The van der Waals surface area contributed by atoms with E-state index in [0.29, 0.717) is 5.75 Å². The lowest BCUT2D eigenvalue weighted by Crippen LogP contribution is -2.08. The molecule has 1 amide bonds. The molecular weight excluding hydrogens is 302 g/mol. The first kappa shape index (κ1) is 19.4. The summed E-state index contributed by atoms with van der Waals surface area (Å²) in [5.41, 5.74) is 5.12. The second-order valence-electron chi connectivity index (χ2n) is 5.76. The van der Waals surface area contributed by atoms with Gasteiger partial charge in [0, 0.05) is 19.5 Å². The van der Waals surface area contributed by atoms with E-state index in [9.17, 15) is 9.59 Å². The van der Waals surface area contributed by atoms with Crippen LogP contribution < -0.4 is 10.1 Å². The number of carbonyl (C=O) groups is 2. The van der Waals surface area contributed by atoms with Crippen molar-refractivity contribution in [3.8, 4) is 5.75 Å².